The predicted octanol–water partition coefficient (Wildman–Crippen LogP) is 3.72. The Morgan fingerprint density at radius 1 is 1.19 bits per heavy atom. The minimum atomic E-state index is -4.68. The molecule has 0 heterocycles. The van der Waals surface area contributed by atoms with E-state index in [1.165, 1.54) is 13.2 Å². The van der Waals surface area contributed by atoms with Gasteiger partial charge in [0.25, 0.3) is 0 Å². The first-order chi connectivity index (χ1) is 7.33. The van der Waals surface area contributed by atoms with E-state index in [-0.39, 0.29) is 11.7 Å². The molecule has 0 N–H and O–H groups in total. The van der Waals surface area contributed by atoms with Gasteiger partial charge in [0, 0.05) is 6.07 Å². The number of halogens is 3. The van der Waals surface area contributed by atoms with Crippen LogP contribution >= 0.6 is 0 Å². The van der Waals surface area contributed by atoms with Gasteiger partial charge in [0.05, 0.1) is 7.11 Å². The maximum atomic E-state index is 12.2. The largest absolute Gasteiger partial charge is 0.573 e. The molecule has 90 valence electrons. The highest BCUT2D eigenvalue weighted by Gasteiger charge is 2.32. The van der Waals surface area contributed by atoms with Crippen LogP contribution in [0.15, 0.2) is 18.2 Å². The number of benzene rings is 1. The van der Waals surface area contributed by atoms with Gasteiger partial charge in [0.2, 0.25) is 0 Å². The molecule has 0 saturated carbocycles. The Morgan fingerprint density at radius 3 is 2.25 bits per heavy atom. The molecule has 2 nitrogen and oxygen atoms in total. The van der Waals surface area contributed by atoms with Gasteiger partial charge in [0.1, 0.15) is 11.5 Å². The van der Waals surface area contributed by atoms with Crippen LogP contribution in [0.3, 0.4) is 0 Å². The molecular weight excluding hydrogens is 221 g/mol. The number of hydrogen-bond donors (Lipinski definition) is 0. The van der Waals surface area contributed by atoms with Gasteiger partial charge >= 0.3 is 6.36 Å². The minimum Gasteiger partial charge on any atom is -0.497 e. The van der Waals surface area contributed by atoms with Gasteiger partial charge in [-0.2, -0.15) is 0 Å². The van der Waals surface area contributed by atoms with Crippen molar-refractivity contribution in [1.29, 1.82) is 0 Å². The lowest BCUT2D eigenvalue weighted by Gasteiger charge is -2.16. The Bertz CT molecular complexity index is 359. The number of alkyl halides is 3. The molecule has 0 aromatic heterocycles. The molecule has 1 rings (SSSR count). The summed E-state index contributed by atoms with van der Waals surface area (Å²) in [6.07, 6.45) is -4.68. The highest BCUT2D eigenvalue weighted by molar-refractivity contribution is 5.42. The zero-order chi connectivity index (χ0) is 12.3. The molecule has 0 aliphatic heterocycles. The summed E-state index contributed by atoms with van der Waals surface area (Å²) in [4.78, 5) is 0. The molecule has 0 amide bonds. The first-order valence-electron chi connectivity index (χ1n) is 4.77. The Balaban J connectivity index is 3.10. The minimum absolute atomic E-state index is 0.0525. The maximum absolute atomic E-state index is 12.2. The van der Waals surface area contributed by atoms with Gasteiger partial charge < -0.3 is 9.47 Å². The van der Waals surface area contributed by atoms with Crippen molar-refractivity contribution < 1.29 is 22.6 Å². The van der Waals surface area contributed by atoms with Crippen LogP contribution in [0.5, 0.6) is 11.5 Å². The molecule has 0 unspecified atom stereocenters. The zero-order valence-corrected chi connectivity index (χ0v) is 9.26. The number of hydrogen-bond acceptors (Lipinski definition) is 2. The third-order valence-corrected chi connectivity index (χ3v) is 2.07. The molecule has 0 fully saturated rings. The standard InChI is InChI=1S/C11H13F3O2/c1-7(2)9-5-4-8(15-3)6-10(9)16-11(12,13)14/h4-7H,1-3H3. The molecule has 0 aliphatic carbocycles. The fourth-order valence-electron chi connectivity index (χ4n) is 1.33. The number of methoxy groups -OCH3 is 1. The van der Waals surface area contributed by atoms with Crippen LogP contribution in [-0.2, 0) is 0 Å². The Hall–Kier alpha value is -1.39. The summed E-state index contributed by atoms with van der Waals surface area (Å²) >= 11 is 0. The van der Waals surface area contributed by atoms with E-state index in [0.717, 1.165) is 0 Å². The molecule has 1 aromatic carbocycles. The van der Waals surface area contributed by atoms with E-state index >= 15 is 0 Å². The molecule has 0 atom stereocenters. The fourth-order valence-corrected chi connectivity index (χ4v) is 1.33. The lowest BCUT2D eigenvalue weighted by atomic mass is 10.0. The van der Waals surface area contributed by atoms with Gasteiger partial charge in [0.15, 0.2) is 0 Å². The Kier molecular flexibility index (Phi) is 3.67. The number of ether oxygens (including phenoxy) is 2. The van der Waals surface area contributed by atoms with Crippen LogP contribution < -0.4 is 9.47 Å². The van der Waals surface area contributed by atoms with Crippen molar-refractivity contribution in [2.24, 2.45) is 0 Å². The zero-order valence-electron chi connectivity index (χ0n) is 9.26. The van der Waals surface area contributed by atoms with E-state index in [9.17, 15) is 13.2 Å². The smallest absolute Gasteiger partial charge is 0.497 e. The summed E-state index contributed by atoms with van der Waals surface area (Å²) in [5.74, 6) is 0.0776. The molecule has 0 aliphatic rings. The highest BCUT2D eigenvalue weighted by atomic mass is 19.4. The van der Waals surface area contributed by atoms with Crippen LogP contribution in [-0.4, -0.2) is 13.5 Å². The third-order valence-electron chi connectivity index (χ3n) is 2.07. The predicted molar refractivity (Wildman–Crippen MR) is 53.8 cm³/mol. The quantitative estimate of drug-likeness (QED) is 0.793. The van der Waals surface area contributed by atoms with E-state index in [1.54, 1.807) is 26.0 Å². The maximum Gasteiger partial charge on any atom is 0.573 e. The summed E-state index contributed by atoms with van der Waals surface area (Å²) < 4.78 is 45.3. The van der Waals surface area contributed by atoms with Crippen molar-refractivity contribution in [3.05, 3.63) is 23.8 Å². The van der Waals surface area contributed by atoms with Crippen LogP contribution in [0.2, 0.25) is 0 Å². The van der Waals surface area contributed by atoms with Gasteiger partial charge in [-0.3, -0.25) is 0 Å². The average Bonchev–Trinajstić information content (AvgIpc) is 2.14. The van der Waals surface area contributed by atoms with Crippen molar-refractivity contribution >= 4 is 0 Å². The molecule has 1 aromatic rings. The van der Waals surface area contributed by atoms with E-state index in [4.69, 9.17) is 4.74 Å². The fraction of sp³-hybridized carbons (Fsp3) is 0.455. The normalized spacial score (nSPS) is 11.7. The molecular formula is C11H13F3O2. The van der Waals surface area contributed by atoms with Crippen molar-refractivity contribution in [3.8, 4) is 11.5 Å². The highest BCUT2D eigenvalue weighted by Crippen LogP contribution is 2.33. The van der Waals surface area contributed by atoms with E-state index in [1.807, 2.05) is 0 Å². The first-order valence-corrected chi connectivity index (χ1v) is 4.77. The van der Waals surface area contributed by atoms with Crippen molar-refractivity contribution in [3.63, 3.8) is 0 Å². The summed E-state index contributed by atoms with van der Waals surface area (Å²) in [5, 5.41) is 0. The number of rotatable bonds is 3. The molecule has 0 spiro atoms. The van der Waals surface area contributed by atoms with Crippen LogP contribution in [0.4, 0.5) is 13.2 Å². The molecule has 0 bridgehead atoms. The summed E-state index contributed by atoms with van der Waals surface area (Å²) in [6, 6.07) is 4.42. The lowest BCUT2D eigenvalue weighted by Crippen LogP contribution is -2.18. The van der Waals surface area contributed by atoms with E-state index in [0.29, 0.717) is 11.3 Å². The van der Waals surface area contributed by atoms with Crippen LogP contribution in [0, 0.1) is 0 Å². The second kappa shape index (κ2) is 4.63. The molecule has 16 heavy (non-hydrogen) atoms. The molecule has 0 saturated heterocycles. The van der Waals surface area contributed by atoms with E-state index in [2.05, 4.69) is 4.74 Å². The van der Waals surface area contributed by atoms with Crippen LogP contribution in [0.25, 0.3) is 0 Å². The third kappa shape index (κ3) is 3.32. The van der Waals surface area contributed by atoms with Gasteiger partial charge in [-0.15, -0.1) is 13.2 Å². The average molecular weight is 234 g/mol. The Morgan fingerprint density at radius 2 is 1.81 bits per heavy atom. The van der Waals surface area contributed by atoms with Gasteiger partial charge in [-0.1, -0.05) is 19.9 Å². The summed E-state index contributed by atoms with van der Waals surface area (Å²) in [5.41, 5.74) is 0.498. The van der Waals surface area contributed by atoms with Crippen LogP contribution in [0.1, 0.15) is 25.3 Å². The molecule has 5 heteroatoms. The van der Waals surface area contributed by atoms with Crippen molar-refractivity contribution in [2.45, 2.75) is 26.1 Å². The Labute approximate surface area is 92.0 Å². The van der Waals surface area contributed by atoms with E-state index < -0.39 is 6.36 Å². The lowest BCUT2D eigenvalue weighted by molar-refractivity contribution is -0.274. The SMILES string of the molecule is COc1ccc(C(C)C)c(OC(F)(F)F)c1. The van der Waals surface area contributed by atoms with Crippen molar-refractivity contribution in [2.75, 3.05) is 7.11 Å². The second-order valence-electron chi connectivity index (χ2n) is 3.61. The van der Waals surface area contributed by atoms with Gasteiger partial charge in [-0.05, 0) is 17.5 Å². The first kappa shape index (κ1) is 12.7. The molecule has 0 radical (unpaired) electrons. The van der Waals surface area contributed by atoms with Gasteiger partial charge in [-0.25, -0.2) is 0 Å². The van der Waals surface area contributed by atoms with Crippen molar-refractivity contribution in [1.82, 2.24) is 0 Å². The second-order valence-corrected chi connectivity index (χ2v) is 3.61. The monoisotopic (exact) mass is 234 g/mol. The summed E-state index contributed by atoms with van der Waals surface area (Å²) in [7, 11) is 1.39. The summed E-state index contributed by atoms with van der Waals surface area (Å²) in [6.45, 7) is 3.59. The topological polar surface area (TPSA) is 18.5 Å².